The molecule has 1 rings (SSSR count). The topological polar surface area (TPSA) is 60.9 Å². The first-order chi connectivity index (χ1) is 14.0. The lowest BCUT2D eigenvalue weighted by Gasteiger charge is -2.44. The monoisotopic (exact) mass is 482 g/mol. The summed E-state index contributed by atoms with van der Waals surface area (Å²) in [6.07, 6.45) is -5.77. The molecule has 5 nitrogen and oxygen atoms in total. The predicted octanol–water partition coefficient (Wildman–Crippen LogP) is 6.00. The highest BCUT2D eigenvalue weighted by Crippen LogP contribution is 2.36. The van der Waals surface area contributed by atoms with E-state index in [1.54, 1.807) is 26.8 Å². The number of carboxylic acid groups (broad SMARTS) is 1. The lowest BCUT2D eigenvalue weighted by atomic mass is 9.75. The van der Waals surface area contributed by atoms with Crippen molar-refractivity contribution >= 4 is 35.2 Å². The van der Waals surface area contributed by atoms with E-state index in [2.05, 4.69) is 6.58 Å². The van der Waals surface area contributed by atoms with Gasteiger partial charge in [0.1, 0.15) is 6.42 Å². The Morgan fingerprint density at radius 2 is 1.71 bits per heavy atom. The number of allylic oxidation sites excluding steroid dienone is 1. The van der Waals surface area contributed by atoms with E-state index in [1.807, 2.05) is 0 Å². The summed E-state index contributed by atoms with van der Waals surface area (Å²) < 4.78 is 38.3. The van der Waals surface area contributed by atoms with Crippen LogP contribution in [0.15, 0.2) is 30.9 Å². The summed E-state index contributed by atoms with van der Waals surface area (Å²) in [6, 6.07) is 4.69. The normalized spacial score (nSPS) is 14.0. The third kappa shape index (κ3) is 7.61. The molecule has 10 heteroatoms. The van der Waals surface area contributed by atoms with Crippen LogP contribution in [0.5, 0.6) is 0 Å². The maximum absolute atomic E-state index is 12.8. The minimum atomic E-state index is -4.66. The van der Waals surface area contributed by atoms with E-state index >= 15 is 0 Å². The summed E-state index contributed by atoms with van der Waals surface area (Å²) in [4.78, 5) is 26.4. The largest absolute Gasteiger partial charge is 0.465 e. The standard InChI is InChI=1S/C21H27Cl2F3N2O3/c1-6-9-20(13-28(18(30)31)19(2,3)4,14-7-8-15(22)16(23)10-14)12-27(5)17(29)11-21(24,25)26/h6-8,10H,1,9,11-13H2,2-5H3,(H,30,31)/t20-/m0/s1. The zero-order valence-electron chi connectivity index (χ0n) is 17.9. The van der Waals surface area contributed by atoms with Gasteiger partial charge in [-0.05, 0) is 44.9 Å². The molecule has 0 fully saturated rings. The van der Waals surface area contributed by atoms with Crippen LogP contribution in [-0.4, -0.2) is 58.8 Å². The second-order valence-corrected chi connectivity index (χ2v) is 9.30. The first-order valence-corrected chi connectivity index (χ1v) is 10.2. The number of likely N-dealkylation sites (N-methyl/N-ethyl adjacent to an activating group) is 1. The zero-order chi connectivity index (χ0) is 24.2. The molecule has 2 amide bonds. The number of hydrogen-bond donors (Lipinski definition) is 1. The van der Waals surface area contributed by atoms with Crippen LogP contribution in [0.4, 0.5) is 18.0 Å². The molecule has 1 N–H and O–H groups in total. The number of carbonyl (C=O) groups excluding carboxylic acids is 1. The SMILES string of the molecule is C=CC[C@](CN(C)C(=O)CC(F)(F)F)(CN(C(=O)O)C(C)(C)C)c1ccc(Cl)c(Cl)c1. The van der Waals surface area contributed by atoms with Gasteiger partial charge in [0, 0.05) is 31.1 Å². The summed E-state index contributed by atoms with van der Waals surface area (Å²) in [5.74, 6) is -1.13. The van der Waals surface area contributed by atoms with Gasteiger partial charge in [-0.1, -0.05) is 35.3 Å². The fraction of sp³-hybridized carbons (Fsp3) is 0.524. The third-order valence-electron chi connectivity index (χ3n) is 4.89. The van der Waals surface area contributed by atoms with Crippen molar-refractivity contribution in [1.82, 2.24) is 9.80 Å². The molecule has 174 valence electrons. The zero-order valence-corrected chi connectivity index (χ0v) is 19.4. The number of hydrogen-bond acceptors (Lipinski definition) is 2. The highest BCUT2D eigenvalue weighted by Gasteiger charge is 2.41. The summed E-state index contributed by atoms with van der Waals surface area (Å²) in [7, 11) is 1.26. The molecule has 0 saturated carbocycles. The summed E-state index contributed by atoms with van der Waals surface area (Å²) in [5, 5.41) is 10.3. The number of alkyl halides is 3. The second kappa shape index (κ2) is 10.1. The molecule has 0 radical (unpaired) electrons. The average molecular weight is 483 g/mol. The van der Waals surface area contributed by atoms with Crippen molar-refractivity contribution in [3.05, 3.63) is 46.5 Å². The van der Waals surface area contributed by atoms with Gasteiger partial charge in [-0.25, -0.2) is 4.79 Å². The van der Waals surface area contributed by atoms with Crippen LogP contribution in [0.3, 0.4) is 0 Å². The Morgan fingerprint density at radius 3 is 2.13 bits per heavy atom. The van der Waals surface area contributed by atoms with E-state index < -0.39 is 35.6 Å². The quantitative estimate of drug-likeness (QED) is 0.462. The molecule has 0 aromatic heterocycles. The van der Waals surface area contributed by atoms with Crippen LogP contribution in [0, 0.1) is 0 Å². The Labute approximate surface area is 190 Å². The fourth-order valence-electron chi connectivity index (χ4n) is 3.32. The van der Waals surface area contributed by atoms with Gasteiger partial charge in [0.05, 0.1) is 10.0 Å². The second-order valence-electron chi connectivity index (χ2n) is 8.48. The third-order valence-corrected chi connectivity index (χ3v) is 5.62. The summed E-state index contributed by atoms with van der Waals surface area (Å²) in [6.45, 7) is 8.53. The maximum Gasteiger partial charge on any atom is 0.407 e. The van der Waals surface area contributed by atoms with E-state index in [-0.39, 0.29) is 29.6 Å². The smallest absolute Gasteiger partial charge is 0.407 e. The van der Waals surface area contributed by atoms with E-state index in [0.29, 0.717) is 5.56 Å². The van der Waals surface area contributed by atoms with Gasteiger partial charge >= 0.3 is 12.3 Å². The van der Waals surface area contributed by atoms with E-state index in [0.717, 1.165) is 4.90 Å². The van der Waals surface area contributed by atoms with Gasteiger partial charge in [-0.15, -0.1) is 6.58 Å². The number of amides is 2. The van der Waals surface area contributed by atoms with Crippen LogP contribution in [0.2, 0.25) is 10.0 Å². The Kier molecular flexibility index (Phi) is 8.85. The Morgan fingerprint density at radius 1 is 1.13 bits per heavy atom. The van der Waals surface area contributed by atoms with Crippen molar-refractivity contribution in [2.45, 2.75) is 50.7 Å². The van der Waals surface area contributed by atoms with Gasteiger partial charge in [0.15, 0.2) is 0 Å². The highest BCUT2D eigenvalue weighted by atomic mass is 35.5. The van der Waals surface area contributed by atoms with Crippen LogP contribution >= 0.6 is 23.2 Å². The van der Waals surface area contributed by atoms with Crippen molar-refractivity contribution in [3.8, 4) is 0 Å². The molecule has 0 spiro atoms. The molecular formula is C21H27Cl2F3N2O3. The number of carbonyl (C=O) groups is 2. The van der Waals surface area contributed by atoms with Gasteiger partial charge < -0.3 is 14.9 Å². The van der Waals surface area contributed by atoms with Gasteiger partial charge in [0.25, 0.3) is 0 Å². The molecule has 0 aliphatic rings. The Hall–Kier alpha value is -1.93. The maximum atomic E-state index is 12.8. The lowest BCUT2D eigenvalue weighted by Crippen LogP contribution is -2.55. The molecule has 0 aliphatic heterocycles. The first-order valence-electron chi connectivity index (χ1n) is 9.40. The molecule has 0 saturated heterocycles. The average Bonchev–Trinajstić information content (AvgIpc) is 2.59. The lowest BCUT2D eigenvalue weighted by molar-refractivity contribution is -0.161. The Balaban J connectivity index is 3.56. The van der Waals surface area contributed by atoms with Gasteiger partial charge in [-0.2, -0.15) is 13.2 Å². The number of benzene rings is 1. The highest BCUT2D eigenvalue weighted by molar-refractivity contribution is 6.42. The minimum Gasteiger partial charge on any atom is -0.465 e. The molecule has 0 heterocycles. The fourth-order valence-corrected chi connectivity index (χ4v) is 3.62. The molecule has 1 aromatic rings. The molecule has 0 unspecified atom stereocenters. The van der Waals surface area contributed by atoms with Crippen LogP contribution in [0.25, 0.3) is 0 Å². The van der Waals surface area contributed by atoms with E-state index in [4.69, 9.17) is 23.2 Å². The molecular weight excluding hydrogens is 456 g/mol. The first kappa shape index (κ1) is 27.1. The number of halogens is 5. The van der Waals surface area contributed by atoms with Crippen LogP contribution < -0.4 is 0 Å². The summed E-state index contributed by atoms with van der Waals surface area (Å²) in [5.41, 5.74) is -1.40. The predicted molar refractivity (Wildman–Crippen MR) is 116 cm³/mol. The van der Waals surface area contributed by atoms with Crippen molar-refractivity contribution < 1.29 is 27.9 Å². The van der Waals surface area contributed by atoms with Gasteiger partial charge in [-0.3, -0.25) is 4.79 Å². The van der Waals surface area contributed by atoms with Crippen molar-refractivity contribution in [2.75, 3.05) is 20.1 Å². The van der Waals surface area contributed by atoms with E-state index in [1.165, 1.54) is 30.2 Å². The summed E-state index contributed by atoms with van der Waals surface area (Å²) >= 11 is 12.2. The van der Waals surface area contributed by atoms with Crippen molar-refractivity contribution in [3.63, 3.8) is 0 Å². The van der Waals surface area contributed by atoms with Crippen molar-refractivity contribution in [2.24, 2.45) is 0 Å². The number of rotatable bonds is 8. The molecule has 0 aliphatic carbocycles. The Bertz CT molecular complexity index is 825. The molecule has 1 aromatic carbocycles. The van der Waals surface area contributed by atoms with E-state index in [9.17, 15) is 27.9 Å². The van der Waals surface area contributed by atoms with Gasteiger partial charge in [0.2, 0.25) is 5.91 Å². The number of nitrogens with zero attached hydrogens (tertiary/aromatic N) is 2. The van der Waals surface area contributed by atoms with Crippen LogP contribution in [-0.2, 0) is 10.2 Å². The molecule has 1 atom stereocenters. The molecule has 0 bridgehead atoms. The van der Waals surface area contributed by atoms with Crippen LogP contribution in [0.1, 0.15) is 39.2 Å². The van der Waals surface area contributed by atoms with Crippen molar-refractivity contribution in [1.29, 1.82) is 0 Å². The molecule has 31 heavy (non-hydrogen) atoms. The minimum absolute atomic E-state index is 0.112.